The number of rotatable bonds is 4. The summed E-state index contributed by atoms with van der Waals surface area (Å²) in [6, 6.07) is 0. The Balaban J connectivity index is 2.56. The average Bonchev–Trinajstić information content (AvgIpc) is 2.27. The fourth-order valence-electron chi connectivity index (χ4n) is 1.96. The Labute approximate surface area is 92.8 Å². The molecule has 7 heteroatoms. The second-order valence-corrected chi connectivity index (χ2v) is 3.67. The molecule has 0 heterocycles. The van der Waals surface area contributed by atoms with Crippen LogP contribution in [0.25, 0.3) is 0 Å². The Morgan fingerprint density at radius 3 is 2.50 bits per heavy atom. The zero-order valence-corrected chi connectivity index (χ0v) is 9.25. The normalized spacial score (nSPS) is 29.5. The largest absolute Gasteiger partial charge is 0.469 e. The van der Waals surface area contributed by atoms with Gasteiger partial charge in [-0.25, -0.2) is 0 Å². The second kappa shape index (κ2) is 5.64. The molecule has 0 unspecified atom stereocenters. The number of carbonyl (C=O) groups excluding carboxylic acids is 1. The van der Waals surface area contributed by atoms with Crippen LogP contribution in [0.2, 0.25) is 0 Å². The van der Waals surface area contributed by atoms with Crippen molar-refractivity contribution >= 4 is 5.97 Å². The summed E-state index contributed by atoms with van der Waals surface area (Å²) < 4.78 is 9.72. The Hall–Kier alpha value is -1.37. The molecule has 1 rings (SSSR count). The fourth-order valence-corrected chi connectivity index (χ4v) is 1.96. The third-order valence-corrected chi connectivity index (χ3v) is 2.79. The van der Waals surface area contributed by atoms with Crippen molar-refractivity contribution in [2.45, 2.75) is 31.5 Å². The van der Waals surface area contributed by atoms with E-state index in [1.54, 1.807) is 0 Å². The number of esters is 1. The molecule has 1 aliphatic carbocycles. The molecule has 1 aliphatic rings. The van der Waals surface area contributed by atoms with E-state index in [4.69, 9.17) is 4.74 Å². The maximum absolute atomic E-state index is 11.3. The molecule has 0 aromatic rings. The van der Waals surface area contributed by atoms with Gasteiger partial charge in [0.2, 0.25) is 0 Å². The highest BCUT2D eigenvalue weighted by molar-refractivity contribution is 5.72. The van der Waals surface area contributed by atoms with Gasteiger partial charge in [0.05, 0.1) is 19.1 Å². The highest BCUT2D eigenvalue weighted by atomic mass is 17.0. The van der Waals surface area contributed by atoms with Crippen LogP contribution in [0.4, 0.5) is 0 Å². The zero-order valence-electron chi connectivity index (χ0n) is 9.25. The van der Waals surface area contributed by atoms with Crippen molar-refractivity contribution in [3.63, 3.8) is 0 Å². The first-order valence-corrected chi connectivity index (χ1v) is 5.00. The smallest absolute Gasteiger partial charge is 0.308 e. The lowest BCUT2D eigenvalue weighted by molar-refractivity contribution is -0.771. The van der Waals surface area contributed by atoms with Crippen molar-refractivity contribution in [3.05, 3.63) is 10.1 Å². The molecular weight excluding hydrogens is 218 g/mol. The summed E-state index contributed by atoms with van der Waals surface area (Å²) in [6.07, 6.45) is 0.288. The van der Waals surface area contributed by atoms with E-state index in [0.717, 1.165) is 0 Å². The number of hydrogen-bond acceptors (Lipinski definition) is 6. The standard InChI is InChI=1S/C9H15NO6/c1-14-8-5-6(9(11)15-2)3-4-7(8)16-10(12)13/h6-8H,3-5H2,1-2H3/t6-,7+,8+/m1/s1. The van der Waals surface area contributed by atoms with Gasteiger partial charge in [0, 0.05) is 7.11 Å². The third-order valence-electron chi connectivity index (χ3n) is 2.79. The van der Waals surface area contributed by atoms with Gasteiger partial charge in [-0.3, -0.25) is 4.79 Å². The molecule has 1 saturated carbocycles. The summed E-state index contributed by atoms with van der Waals surface area (Å²) in [5, 5.41) is 9.41. The van der Waals surface area contributed by atoms with Gasteiger partial charge in [0.25, 0.3) is 5.09 Å². The first kappa shape index (κ1) is 12.7. The summed E-state index contributed by atoms with van der Waals surface area (Å²) >= 11 is 0. The number of hydrogen-bond donors (Lipinski definition) is 0. The van der Waals surface area contributed by atoms with E-state index >= 15 is 0 Å². The van der Waals surface area contributed by atoms with Gasteiger partial charge >= 0.3 is 5.97 Å². The highest BCUT2D eigenvalue weighted by Crippen LogP contribution is 2.29. The SMILES string of the molecule is COC(=O)[C@@H]1CC[C@H](O[N+](=O)[O-])[C@@H](OC)C1. The summed E-state index contributed by atoms with van der Waals surface area (Å²) in [5.41, 5.74) is 0. The Bertz CT molecular complexity index is 269. The zero-order chi connectivity index (χ0) is 12.1. The van der Waals surface area contributed by atoms with Gasteiger partial charge in [0.1, 0.15) is 6.10 Å². The van der Waals surface area contributed by atoms with E-state index in [1.807, 2.05) is 0 Å². The maximum atomic E-state index is 11.3. The van der Waals surface area contributed by atoms with Crippen LogP contribution >= 0.6 is 0 Å². The highest BCUT2D eigenvalue weighted by Gasteiger charge is 2.36. The monoisotopic (exact) mass is 233 g/mol. The van der Waals surface area contributed by atoms with Crippen molar-refractivity contribution in [1.82, 2.24) is 0 Å². The quantitative estimate of drug-likeness (QED) is 0.400. The van der Waals surface area contributed by atoms with E-state index in [2.05, 4.69) is 9.57 Å². The Morgan fingerprint density at radius 1 is 1.31 bits per heavy atom. The number of methoxy groups -OCH3 is 2. The minimum Gasteiger partial charge on any atom is -0.469 e. The lowest BCUT2D eigenvalue weighted by atomic mass is 9.85. The lowest BCUT2D eigenvalue weighted by Gasteiger charge is -2.32. The Kier molecular flexibility index (Phi) is 4.48. The molecule has 0 saturated heterocycles. The van der Waals surface area contributed by atoms with Gasteiger partial charge < -0.3 is 14.3 Å². The first-order valence-electron chi connectivity index (χ1n) is 5.00. The van der Waals surface area contributed by atoms with Gasteiger partial charge in [-0.05, 0) is 19.3 Å². The molecule has 3 atom stereocenters. The summed E-state index contributed by atoms with van der Waals surface area (Å²) in [6.45, 7) is 0. The molecule has 92 valence electrons. The van der Waals surface area contributed by atoms with Crippen molar-refractivity contribution in [2.75, 3.05) is 14.2 Å². The molecule has 7 nitrogen and oxygen atoms in total. The topological polar surface area (TPSA) is 87.9 Å². The van der Waals surface area contributed by atoms with Crippen LogP contribution in [0.1, 0.15) is 19.3 Å². The number of ether oxygens (including phenoxy) is 2. The van der Waals surface area contributed by atoms with Crippen LogP contribution < -0.4 is 0 Å². The molecule has 1 fully saturated rings. The molecule has 0 aliphatic heterocycles. The van der Waals surface area contributed by atoms with E-state index in [0.29, 0.717) is 19.3 Å². The van der Waals surface area contributed by atoms with Crippen molar-refractivity contribution < 1.29 is 24.2 Å². The predicted octanol–water partition coefficient (Wildman–Crippen LogP) is 0.551. The minimum absolute atomic E-state index is 0.262. The molecule has 0 amide bonds. The molecule has 0 aromatic carbocycles. The van der Waals surface area contributed by atoms with Crippen LogP contribution in [0, 0.1) is 16.0 Å². The van der Waals surface area contributed by atoms with Gasteiger partial charge in [-0.2, -0.15) is 0 Å². The molecule has 0 N–H and O–H groups in total. The number of nitrogens with zero attached hydrogens (tertiary/aromatic N) is 1. The van der Waals surface area contributed by atoms with Crippen LogP contribution in [-0.4, -0.2) is 37.5 Å². The maximum Gasteiger partial charge on any atom is 0.308 e. The molecule has 0 bridgehead atoms. The Morgan fingerprint density at radius 2 is 2.00 bits per heavy atom. The van der Waals surface area contributed by atoms with Crippen LogP contribution in [0.15, 0.2) is 0 Å². The van der Waals surface area contributed by atoms with Gasteiger partial charge in [-0.15, -0.1) is 10.1 Å². The summed E-state index contributed by atoms with van der Waals surface area (Å²) in [7, 11) is 2.77. The van der Waals surface area contributed by atoms with Crippen molar-refractivity contribution in [3.8, 4) is 0 Å². The number of carbonyl (C=O) groups is 1. The average molecular weight is 233 g/mol. The van der Waals surface area contributed by atoms with Crippen LogP contribution in [0.5, 0.6) is 0 Å². The van der Waals surface area contributed by atoms with Gasteiger partial charge in [-0.1, -0.05) is 0 Å². The van der Waals surface area contributed by atoms with E-state index < -0.39 is 17.3 Å². The molecule has 0 spiro atoms. The molecule has 0 radical (unpaired) electrons. The second-order valence-electron chi connectivity index (χ2n) is 3.67. The predicted molar refractivity (Wildman–Crippen MR) is 52.0 cm³/mol. The third kappa shape index (κ3) is 3.06. The van der Waals surface area contributed by atoms with Crippen LogP contribution in [-0.2, 0) is 19.1 Å². The summed E-state index contributed by atoms with van der Waals surface area (Å²) in [5.74, 6) is -0.567. The van der Waals surface area contributed by atoms with E-state index in [9.17, 15) is 14.9 Å². The van der Waals surface area contributed by atoms with Crippen LogP contribution in [0.3, 0.4) is 0 Å². The first-order chi connectivity index (χ1) is 7.58. The fraction of sp³-hybridized carbons (Fsp3) is 0.889. The van der Waals surface area contributed by atoms with Crippen molar-refractivity contribution in [1.29, 1.82) is 0 Å². The van der Waals surface area contributed by atoms with Crippen molar-refractivity contribution in [2.24, 2.45) is 5.92 Å². The molecule has 0 aromatic heterocycles. The molecule has 16 heavy (non-hydrogen) atoms. The van der Waals surface area contributed by atoms with E-state index in [-0.39, 0.29) is 11.9 Å². The van der Waals surface area contributed by atoms with E-state index in [1.165, 1.54) is 14.2 Å². The molecular formula is C9H15NO6. The van der Waals surface area contributed by atoms with Gasteiger partial charge in [0.15, 0.2) is 0 Å². The summed E-state index contributed by atoms with van der Waals surface area (Å²) in [4.78, 5) is 26.0. The lowest BCUT2D eigenvalue weighted by Crippen LogP contribution is -2.40. The minimum atomic E-state index is -0.824.